The Hall–Kier alpha value is -1.26. The molecule has 1 saturated heterocycles. The number of unbranched alkanes of at least 4 members (excludes halogenated alkanes) is 2. The predicted molar refractivity (Wildman–Crippen MR) is 67.2 cm³/mol. The van der Waals surface area contributed by atoms with Crippen LogP contribution in [0.15, 0.2) is 0 Å². The van der Waals surface area contributed by atoms with Crippen LogP contribution < -0.4 is 0 Å². The largest absolute Gasteiger partial charge is 0.464 e. The second kappa shape index (κ2) is 7.95. The van der Waals surface area contributed by atoms with Crippen LogP contribution in [0.2, 0.25) is 0 Å². The Bertz CT molecular complexity index is 252. The monoisotopic (exact) mass is 257 g/mol. The highest BCUT2D eigenvalue weighted by Crippen LogP contribution is 2.20. The third-order valence-electron chi connectivity index (χ3n) is 2.99. The zero-order valence-corrected chi connectivity index (χ0v) is 11.3. The Morgan fingerprint density at radius 3 is 2.22 bits per heavy atom. The molecule has 5 heteroatoms. The number of nitrogens with zero attached hydrogens (tertiary/aromatic N) is 1. The standard InChI is InChI=1S/C13H23NO4/c1-3-5-9-17-12(15)11-7-8-14(11)13(16)18-10-6-4-2/h11H,3-10H2,1-2H3. The third kappa shape index (κ3) is 4.20. The molecule has 0 aliphatic carbocycles. The van der Waals surface area contributed by atoms with Crippen molar-refractivity contribution in [3.05, 3.63) is 0 Å². The summed E-state index contributed by atoms with van der Waals surface area (Å²) in [4.78, 5) is 24.8. The van der Waals surface area contributed by atoms with Crippen molar-refractivity contribution in [2.45, 2.75) is 52.0 Å². The Morgan fingerprint density at radius 1 is 1.11 bits per heavy atom. The molecule has 0 spiro atoms. The van der Waals surface area contributed by atoms with Crippen molar-refractivity contribution in [3.63, 3.8) is 0 Å². The lowest BCUT2D eigenvalue weighted by Crippen LogP contribution is -2.55. The van der Waals surface area contributed by atoms with Crippen molar-refractivity contribution in [1.82, 2.24) is 4.90 Å². The molecular formula is C13H23NO4. The van der Waals surface area contributed by atoms with Crippen molar-refractivity contribution in [3.8, 4) is 0 Å². The average molecular weight is 257 g/mol. The maximum Gasteiger partial charge on any atom is 0.410 e. The number of carbonyl (C=O) groups excluding carboxylic acids is 2. The molecule has 18 heavy (non-hydrogen) atoms. The van der Waals surface area contributed by atoms with E-state index in [9.17, 15) is 9.59 Å². The van der Waals surface area contributed by atoms with Gasteiger partial charge >= 0.3 is 12.1 Å². The lowest BCUT2D eigenvalue weighted by Gasteiger charge is -2.37. The van der Waals surface area contributed by atoms with Gasteiger partial charge in [-0.2, -0.15) is 0 Å². The Labute approximate surface area is 108 Å². The molecule has 1 amide bonds. The van der Waals surface area contributed by atoms with E-state index in [1.54, 1.807) is 0 Å². The zero-order valence-electron chi connectivity index (χ0n) is 11.3. The van der Waals surface area contributed by atoms with E-state index in [0.29, 0.717) is 26.2 Å². The van der Waals surface area contributed by atoms with Crippen LogP contribution in [0.3, 0.4) is 0 Å². The third-order valence-corrected chi connectivity index (χ3v) is 2.99. The second-order valence-corrected chi connectivity index (χ2v) is 4.49. The van der Waals surface area contributed by atoms with E-state index in [1.807, 2.05) is 13.8 Å². The van der Waals surface area contributed by atoms with Crippen molar-refractivity contribution in [2.75, 3.05) is 19.8 Å². The molecule has 104 valence electrons. The zero-order chi connectivity index (χ0) is 13.4. The van der Waals surface area contributed by atoms with Crippen molar-refractivity contribution in [2.24, 2.45) is 0 Å². The summed E-state index contributed by atoms with van der Waals surface area (Å²) in [5.74, 6) is -0.304. The van der Waals surface area contributed by atoms with Crippen LogP contribution in [0, 0.1) is 0 Å². The summed E-state index contributed by atoms with van der Waals surface area (Å²) < 4.78 is 10.2. The number of ether oxygens (including phenoxy) is 2. The van der Waals surface area contributed by atoms with Gasteiger partial charge < -0.3 is 9.47 Å². The van der Waals surface area contributed by atoms with Gasteiger partial charge in [0, 0.05) is 6.54 Å². The molecule has 0 radical (unpaired) electrons. The number of likely N-dealkylation sites (tertiary alicyclic amines) is 1. The van der Waals surface area contributed by atoms with E-state index in [0.717, 1.165) is 25.7 Å². The Balaban J connectivity index is 2.26. The summed E-state index contributed by atoms with van der Waals surface area (Å²) in [6.07, 6.45) is 3.96. The minimum absolute atomic E-state index is 0.304. The van der Waals surface area contributed by atoms with Crippen LogP contribution >= 0.6 is 0 Å². The molecule has 1 unspecified atom stereocenters. The Kier molecular flexibility index (Phi) is 6.54. The smallest absolute Gasteiger partial charge is 0.410 e. The van der Waals surface area contributed by atoms with Gasteiger partial charge in [-0.1, -0.05) is 26.7 Å². The van der Waals surface area contributed by atoms with Crippen molar-refractivity contribution in [1.29, 1.82) is 0 Å². The summed E-state index contributed by atoms with van der Waals surface area (Å²) in [6.45, 7) is 5.51. The molecule has 0 bridgehead atoms. The van der Waals surface area contributed by atoms with E-state index in [4.69, 9.17) is 9.47 Å². The van der Waals surface area contributed by atoms with Gasteiger partial charge in [-0.3, -0.25) is 4.90 Å². The minimum atomic E-state index is -0.434. The molecule has 1 aliphatic heterocycles. The van der Waals surface area contributed by atoms with Gasteiger partial charge in [0.25, 0.3) is 0 Å². The van der Waals surface area contributed by atoms with Gasteiger partial charge in [-0.25, -0.2) is 9.59 Å². The maximum absolute atomic E-state index is 11.7. The second-order valence-electron chi connectivity index (χ2n) is 4.49. The maximum atomic E-state index is 11.7. The van der Waals surface area contributed by atoms with Crippen LogP contribution in [0.4, 0.5) is 4.79 Å². The van der Waals surface area contributed by atoms with Gasteiger partial charge in [-0.05, 0) is 19.3 Å². The Morgan fingerprint density at radius 2 is 1.72 bits per heavy atom. The fourth-order valence-electron chi connectivity index (χ4n) is 1.65. The van der Waals surface area contributed by atoms with Gasteiger partial charge in [0.1, 0.15) is 6.04 Å². The number of hydrogen-bond donors (Lipinski definition) is 0. The summed E-state index contributed by atoms with van der Waals surface area (Å²) in [6, 6.07) is -0.434. The first-order chi connectivity index (χ1) is 8.70. The molecule has 1 rings (SSSR count). The SMILES string of the molecule is CCCCOC(=O)C1CCN1C(=O)OCCCC. The molecule has 0 saturated carbocycles. The number of rotatable bonds is 7. The van der Waals surface area contributed by atoms with Crippen LogP contribution in [0.5, 0.6) is 0 Å². The molecular weight excluding hydrogens is 234 g/mol. The van der Waals surface area contributed by atoms with Crippen LogP contribution in [0.25, 0.3) is 0 Å². The molecule has 0 aromatic heterocycles. The first-order valence-electron chi connectivity index (χ1n) is 6.80. The lowest BCUT2D eigenvalue weighted by atomic mass is 10.0. The van der Waals surface area contributed by atoms with Gasteiger partial charge in [0.2, 0.25) is 0 Å². The lowest BCUT2D eigenvalue weighted by molar-refractivity contribution is -0.153. The number of amides is 1. The first kappa shape index (κ1) is 14.8. The van der Waals surface area contributed by atoms with Crippen LogP contribution in [-0.4, -0.2) is 42.8 Å². The number of hydrogen-bond acceptors (Lipinski definition) is 4. The highest BCUT2D eigenvalue weighted by molar-refractivity contribution is 5.83. The molecule has 1 aliphatic rings. The average Bonchev–Trinajstić information content (AvgIpc) is 2.28. The molecule has 0 aromatic carbocycles. The molecule has 0 aromatic rings. The molecule has 0 N–H and O–H groups in total. The molecule has 1 atom stereocenters. The van der Waals surface area contributed by atoms with E-state index >= 15 is 0 Å². The van der Waals surface area contributed by atoms with E-state index in [1.165, 1.54) is 4.90 Å². The van der Waals surface area contributed by atoms with Gasteiger partial charge in [0.05, 0.1) is 13.2 Å². The highest BCUT2D eigenvalue weighted by Gasteiger charge is 2.39. The van der Waals surface area contributed by atoms with Crippen molar-refractivity contribution < 1.29 is 19.1 Å². The number of esters is 1. The van der Waals surface area contributed by atoms with Crippen LogP contribution in [0.1, 0.15) is 46.0 Å². The van der Waals surface area contributed by atoms with Crippen molar-refractivity contribution >= 4 is 12.1 Å². The molecule has 1 heterocycles. The normalized spacial score (nSPS) is 18.1. The molecule has 1 fully saturated rings. The summed E-state index contributed by atoms with van der Waals surface area (Å²) in [5.41, 5.74) is 0. The van der Waals surface area contributed by atoms with E-state index in [-0.39, 0.29) is 5.97 Å². The molecule has 5 nitrogen and oxygen atoms in total. The fourth-order valence-corrected chi connectivity index (χ4v) is 1.65. The van der Waals surface area contributed by atoms with Crippen LogP contribution in [-0.2, 0) is 14.3 Å². The summed E-state index contributed by atoms with van der Waals surface area (Å²) >= 11 is 0. The summed E-state index contributed by atoms with van der Waals surface area (Å²) in [5, 5.41) is 0. The van der Waals surface area contributed by atoms with Gasteiger partial charge in [-0.15, -0.1) is 0 Å². The summed E-state index contributed by atoms with van der Waals surface area (Å²) in [7, 11) is 0. The van der Waals surface area contributed by atoms with Gasteiger partial charge in [0.15, 0.2) is 0 Å². The van der Waals surface area contributed by atoms with E-state index < -0.39 is 12.1 Å². The quantitative estimate of drug-likeness (QED) is 0.519. The topological polar surface area (TPSA) is 55.8 Å². The predicted octanol–water partition coefficient (Wildman–Crippen LogP) is 2.34. The first-order valence-corrected chi connectivity index (χ1v) is 6.80. The highest BCUT2D eigenvalue weighted by atomic mass is 16.6. The fraction of sp³-hybridized carbons (Fsp3) is 0.846. The minimum Gasteiger partial charge on any atom is -0.464 e. The van der Waals surface area contributed by atoms with E-state index in [2.05, 4.69) is 0 Å². The number of carbonyl (C=O) groups is 2.